The van der Waals surface area contributed by atoms with Crippen molar-refractivity contribution in [3.63, 3.8) is 0 Å². The maximum absolute atomic E-state index is 14.8. The van der Waals surface area contributed by atoms with E-state index in [2.05, 4.69) is 23.4 Å². The van der Waals surface area contributed by atoms with Gasteiger partial charge in [-0.2, -0.15) is 18.2 Å². The van der Waals surface area contributed by atoms with Crippen LogP contribution >= 0.6 is 11.8 Å². The lowest BCUT2D eigenvalue weighted by Crippen LogP contribution is -2.47. The van der Waals surface area contributed by atoms with Gasteiger partial charge in [0.1, 0.15) is 17.5 Å². The first-order valence-corrected chi connectivity index (χ1v) is 12.4. The highest BCUT2D eigenvalue weighted by molar-refractivity contribution is 7.99. The van der Waals surface area contributed by atoms with Crippen LogP contribution in [0, 0.1) is 23.5 Å². The molecule has 38 heavy (non-hydrogen) atoms. The Morgan fingerprint density at radius 3 is 2.58 bits per heavy atom. The molecule has 3 heterocycles. The van der Waals surface area contributed by atoms with Crippen molar-refractivity contribution in [2.45, 2.75) is 24.5 Å². The molecular weight excluding hydrogens is 527 g/mol. The van der Waals surface area contributed by atoms with Gasteiger partial charge in [-0.15, -0.1) is 11.8 Å². The number of carbonyl (C=O) groups excluding carboxylic acids is 1. The number of hydrogen-bond acceptors (Lipinski definition) is 5. The van der Waals surface area contributed by atoms with Crippen molar-refractivity contribution in [1.29, 1.82) is 0 Å². The minimum Gasteiger partial charge on any atom is -0.348 e. The summed E-state index contributed by atoms with van der Waals surface area (Å²) in [5.74, 6) is 2.70. The summed E-state index contributed by atoms with van der Waals surface area (Å²) >= 11 is 1.07. The Bertz CT molecular complexity index is 1640. The zero-order valence-electron chi connectivity index (χ0n) is 20.0. The fourth-order valence-electron chi connectivity index (χ4n) is 4.77. The molecule has 0 radical (unpaired) electrons. The van der Waals surface area contributed by atoms with Gasteiger partial charge in [-0.3, -0.25) is 9.36 Å². The third-order valence-electron chi connectivity index (χ3n) is 6.39. The summed E-state index contributed by atoms with van der Waals surface area (Å²) in [6, 6.07) is 3.25. The highest BCUT2D eigenvalue weighted by Gasteiger charge is 2.39. The molecule has 1 aromatic heterocycles. The molecule has 2 aliphatic heterocycles. The highest BCUT2D eigenvalue weighted by atomic mass is 32.2. The first-order valence-electron chi connectivity index (χ1n) is 11.4. The van der Waals surface area contributed by atoms with Crippen LogP contribution in [0.2, 0.25) is 0 Å². The molecule has 0 bridgehead atoms. The standard InChI is InChI=1S/C26H19F5N4O2S/c1-3-4-20(36)34-8-7-33(13-14(34)2)24-17-12-18(26(29,30)31)21(16-6-5-15(27)11-19(16)28)23-22(17)35(9-10-38-23)25(37)32-24/h5-6,11-12H,2,7-10,13H2,1H3. The summed E-state index contributed by atoms with van der Waals surface area (Å²) in [5, 5.41) is 0.0614. The Labute approximate surface area is 217 Å². The van der Waals surface area contributed by atoms with Crippen LogP contribution in [-0.2, 0) is 17.5 Å². The fourth-order valence-corrected chi connectivity index (χ4v) is 5.97. The molecule has 1 fully saturated rings. The van der Waals surface area contributed by atoms with Crippen molar-refractivity contribution in [2.24, 2.45) is 0 Å². The lowest BCUT2D eigenvalue weighted by molar-refractivity contribution is -0.137. The normalized spacial score (nSPS) is 15.5. The SMILES string of the molecule is C=C1CN(c2nc(=O)n3c4c(c(-c5ccc(F)cc5F)c(C(F)(F)F)cc24)SCC3)CCN1C(=O)C#CC. The minimum atomic E-state index is -4.90. The molecule has 3 aromatic rings. The average Bonchev–Trinajstić information content (AvgIpc) is 2.85. The maximum Gasteiger partial charge on any atom is 0.417 e. The maximum atomic E-state index is 14.8. The van der Waals surface area contributed by atoms with Crippen LogP contribution < -0.4 is 10.6 Å². The molecule has 196 valence electrons. The predicted molar refractivity (Wildman–Crippen MR) is 134 cm³/mol. The lowest BCUT2D eigenvalue weighted by Gasteiger charge is -2.37. The van der Waals surface area contributed by atoms with Gasteiger partial charge in [-0.25, -0.2) is 13.6 Å². The van der Waals surface area contributed by atoms with Crippen molar-refractivity contribution in [1.82, 2.24) is 14.5 Å². The van der Waals surface area contributed by atoms with Crippen LogP contribution in [0.1, 0.15) is 12.5 Å². The zero-order chi connectivity index (χ0) is 27.4. The number of nitrogens with zero attached hydrogens (tertiary/aromatic N) is 4. The molecule has 2 aliphatic rings. The van der Waals surface area contributed by atoms with Crippen LogP contribution in [0.5, 0.6) is 0 Å². The zero-order valence-corrected chi connectivity index (χ0v) is 20.8. The van der Waals surface area contributed by atoms with Gasteiger partial charge in [-0.1, -0.05) is 12.5 Å². The number of hydrogen-bond donors (Lipinski definition) is 0. The quantitative estimate of drug-likeness (QED) is 0.346. The largest absolute Gasteiger partial charge is 0.417 e. The Kier molecular flexibility index (Phi) is 6.43. The van der Waals surface area contributed by atoms with Crippen molar-refractivity contribution >= 4 is 34.4 Å². The molecule has 0 atom stereocenters. The smallest absolute Gasteiger partial charge is 0.348 e. The van der Waals surface area contributed by atoms with Gasteiger partial charge in [0.15, 0.2) is 0 Å². The van der Waals surface area contributed by atoms with E-state index in [0.717, 1.165) is 30.0 Å². The first-order chi connectivity index (χ1) is 18.0. The van der Waals surface area contributed by atoms with Gasteiger partial charge in [0, 0.05) is 58.6 Å². The summed E-state index contributed by atoms with van der Waals surface area (Å²) in [4.78, 5) is 32.5. The number of aromatic nitrogens is 2. The molecule has 0 spiro atoms. The number of aryl methyl sites for hydroxylation is 1. The van der Waals surface area contributed by atoms with Crippen LogP contribution in [-0.4, -0.2) is 45.7 Å². The van der Waals surface area contributed by atoms with Crippen molar-refractivity contribution in [3.8, 4) is 23.0 Å². The Balaban J connectivity index is 1.76. The van der Waals surface area contributed by atoms with Crippen molar-refractivity contribution in [3.05, 3.63) is 64.2 Å². The summed E-state index contributed by atoms with van der Waals surface area (Å²) in [7, 11) is 0. The molecule has 0 N–H and O–H groups in total. The van der Waals surface area contributed by atoms with Gasteiger partial charge in [-0.05, 0) is 31.0 Å². The number of anilines is 1. The third-order valence-corrected chi connectivity index (χ3v) is 7.46. The predicted octanol–water partition coefficient (Wildman–Crippen LogP) is 4.65. The summed E-state index contributed by atoms with van der Waals surface area (Å²) < 4.78 is 73.1. The topological polar surface area (TPSA) is 58.4 Å². The molecule has 6 nitrogen and oxygen atoms in total. The fraction of sp³-hybridized carbons (Fsp3) is 0.269. The summed E-state index contributed by atoms with van der Waals surface area (Å²) in [6.07, 6.45) is -4.90. The van der Waals surface area contributed by atoms with Crippen LogP contribution in [0.3, 0.4) is 0 Å². The van der Waals surface area contributed by atoms with Crippen molar-refractivity contribution in [2.75, 3.05) is 30.3 Å². The third kappa shape index (κ3) is 4.30. The van der Waals surface area contributed by atoms with Crippen molar-refractivity contribution < 1.29 is 26.7 Å². The second kappa shape index (κ2) is 9.47. The van der Waals surface area contributed by atoms with E-state index in [4.69, 9.17) is 0 Å². The first kappa shape index (κ1) is 25.8. The number of piperazine rings is 1. The van der Waals surface area contributed by atoms with Crippen LogP contribution in [0.25, 0.3) is 22.0 Å². The summed E-state index contributed by atoms with van der Waals surface area (Å²) in [6.45, 7) is 5.95. The number of thioether (sulfide) groups is 1. The molecule has 5 rings (SSSR count). The molecule has 1 saturated heterocycles. The van der Waals surface area contributed by atoms with Gasteiger partial charge >= 0.3 is 17.8 Å². The number of amides is 1. The molecule has 0 aliphatic carbocycles. The second-order valence-corrected chi connectivity index (χ2v) is 9.79. The molecule has 0 saturated carbocycles. The molecule has 2 aromatic carbocycles. The van der Waals surface area contributed by atoms with E-state index in [1.807, 2.05) is 0 Å². The monoisotopic (exact) mass is 546 g/mol. The second-order valence-electron chi connectivity index (χ2n) is 8.68. The lowest BCUT2D eigenvalue weighted by atomic mass is 9.95. The van der Waals surface area contributed by atoms with E-state index in [1.54, 1.807) is 4.90 Å². The Morgan fingerprint density at radius 1 is 1.16 bits per heavy atom. The van der Waals surface area contributed by atoms with Gasteiger partial charge in [0.2, 0.25) is 0 Å². The Morgan fingerprint density at radius 2 is 1.92 bits per heavy atom. The minimum absolute atomic E-state index is 0.0106. The van der Waals surface area contributed by atoms with Crippen LogP contribution in [0.4, 0.5) is 27.8 Å². The number of halogens is 5. The highest BCUT2D eigenvalue weighted by Crippen LogP contribution is 2.49. The van der Waals surface area contributed by atoms with Gasteiger partial charge in [0.05, 0.1) is 17.6 Å². The van der Waals surface area contributed by atoms with Crippen LogP contribution in [0.15, 0.2) is 46.2 Å². The van der Waals surface area contributed by atoms with E-state index < -0.39 is 46.1 Å². The van der Waals surface area contributed by atoms with Gasteiger partial charge < -0.3 is 9.80 Å². The van der Waals surface area contributed by atoms with Gasteiger partial charge in [0.25, 0.3) is 0 Å². The van der Waals surface area contributed by atoms with E-state index >= 15 is 0 Å². The molecule has 0 unspecified atom stereocenters. The number of benzene rings is 2. The van der Waals surface area contributed by atoms with E-state index in [9.17, 15) is 31.5 Å². The average molecular weight is 547 g/mol. The summed E-state index contributed by atoms with van der Waals surface area (Å²) in [5.41, 5.74) is -2.11. The number of rotatable bonds is 2. The Hall–Kier alpha value is -3.85. The van der Waals surface area contributed by atoms with E-state index in [-0.39, 0.29) is 53.5 Å². The molecule has 12 heteroatoms. The van der Waals surface area contributed by atoms with E-state index in [0.29, 0.717) is 11.8 Å². The van der Waals surface area contributed by atoms with E-state index in [1.165, 1.54) is 16.4 Å². The molecule has 1 amide bonds. The number of carbonyl (C=O) groups is 1. The number of alkyl halides is 3. The molecular formula is C26H19F5N4O2S.